The van der Waals surface area contributed by atoms with Crippen molar-refractivity contribution < 1.29 is 14.7 Å². The van der Waals surface area contributed by atoms with Crippen LogP contribution in [0.3, 0.4) is 0 Å². The molecule has 18 heavy (non-hydrogen) atoms. The molecule has 1 aliphatic rings. The molecule has 98 valence electrons. The van der Waals surface area contributed by atoms with Gasteiger partial charge < -0.3 is 15.3 Å². The first-order chi connectivity index (χ1) is 8.56. The summed E-state index contributed by atoms with van der Waals surface area (Å²) in [5.74, 6) is -0.0619. The van der Waals surface area contributed by atoms with Crippen molar-refractivity contribution in [1.82, 2.24) is 15.2 Å². The number of hydrogen-bond donors (Lipinski definition) is 2. The summed E-state index contributed by atoms with van der Waals surface area (Å²) in [7, 11) is 0. The van der Waals surface area contributed by atoms with Crippen LogP contribution in [0.2, 0.25) is 0 Å². The summed E-state index contributed by atoms with van der Waals surface area (Å²) < 4.78 is 0. The molecule has 0 bridgehead atoms. The molecule has 1 fully saturated rings. The van der Waals surface area contributed by atoms with Gasteiger partial charge in [0.25, 0.3) is 5.91 Å². The van der Waals surface area contributed by atoms with Crippen LogP contribution in [0.4, 0.5) is 4.79 Å². The van der Waals surface area contributed by atoms with E-state index in [9.17, 15) is 9.59 Å². The minimum atomic E-state index is -1.00. The predicted octanol–water partition coefficient (Wildman–Crippen LogP) is 1.32. The van der Waals surface area contributed by atoms with Gasteiger partial charge in [-0.15, -0.1) is 11.3 Å². The van der Waals surface area contributed by atoms with Gasteiger partial charge in [-0.3, -0.25) is 4.79 Å². The molecule has 0 saturated carbocycles. The average Bonchev–Trinajstić information content (AvgIpc) is 2.75. The van der Waals surface area contributed by atoms with Gasteiger partial charge in [-0.1, -0.05) is 0 Å². The third kappa shape index (κ3) is 2.98. The Morgan fingerprint density at radius 3 is 2.67 bits per heavy atom. The molecular weight excluding hydrogens is 254 g/mol. The third-order valence-electron chi connectivity index (χ3n) is 2.95. The van der Waals surface area contributed by atoms with Gasteiger partial charge in [-0.05, 0) is 19.8 Å². The van der Waals surface area contributed by atoms with E-state index in [1.165, 1.54) is 11.3 Å². The van der Waals surface area contributed by atoms with Gasteiger partial charge in [-0.2, -0.15) is 0 Å². The lowest BCUT2D eigenvalue weighted by Gasteiger charge is -2.31. The maximum Gasteiger partial charge on any atom is 0.404 e. The lowest BCUT2D eigenvalue weighted by molar-refractivity contribution is 0.0700. The van der Waals surface area contributed by atoms with E-state index >= 15 is 0 Å². The van der Waals surface area contributed by atoms with E-state index in [1.807, 2.05) is 6.92 Å². The van der Waals surface area contributed by atoms with Crippen LogP contribution in [-0.4, -0.2) is 46.1 Å². The number of hydrogen-bond acceptors (Lipinski definition) is 4. The van der Waals surface area contributed by atoms with Crippen molar-refractivity contribution >= 4 is 23.3 Å². The number of nitrogens with one attached hydrogen (secondary N) is 1. The van der Waals surface area contributed by atoms with Gasteiger partial charge in [0.15, 0.2) is 0 Å². The third-order valence-corrected chi connectivity index (χ3v) is 3.72. The van der Waals surface area contributed by atoms with E-state index in [0.717, 1.165) is 5.01 Å². The Bertz CT molecular complexity index is 452. The molecule has 1 saturated heterocycles. The number of carbonyl (C=O) groups is 2. The maximum absolute atomic E-state index is 12.1. The molecule has 2 amide bonds. The van der Waals surface area contributed by atoms with Gasteiger partial charge in [0, 0.05) is 24.5 Å². The molecule has 7 heteroatoms. The Kier molecular flexibility index (Phi) is 3.81. The summed E-state index contributed by atoms with van der Waals surface area (Å²) in [5.41, 5.74) is 0.488. The summed E-state index contributed by atoms with van der Waals surface area (Å²) >= 11 is 1.46. The van der Waals surface area contributed by atoms with Crippen LogP contribution in [0.15, 0.2) is 5.38 Å². The van der Waals surface area contributed by atoms with Crippen molar-refractivity contribution in [2.24, 2.45) is 0 Å². The zero-order chi connectivity index (χ0) is 13.1. The second kappa shape index (κ2) is 5.34. The Hall–Kier alpha value is -1.63. The number of aryl methyl sites for hydroxylation is 1. The van der Waals surface area contributed by atoms with E-state index in [0.29, 0.717) is 31.6 Å². The number of likely N-dealkylation sites (tertiary alicyclic amines) is 1. The normalized spacial score (nSPS) is 16.6. The highest BCUT2D eigenvalue weighted by Crippen LogP contribution is 2.15. The predicted molar refractivity (Wildman–Crippen MR) is 66.9 cm³/mol. The molecule has 1 aromatic rings. The summed E-state index contributed by atoms with van der Waals surface area (Å²) in [6.07, 6.45) is 0.303. The van der Waals surface area contributed by atoms with Gasteiger partial charge >= 0.3 is 6.09 Å². The molecule has 0 spiro atoms. The number of piperidine rings is 1. The average molecular weight is 269 g/mol. The van der Waals surface area contributed by atoms with Gasteiger partial charge in [0.2, 0.25) is 0 Å². The molecule has 1 aliphatic heterocycles. The number of thiazole rings is 1. The van der Waals surface area contributed by atoms with Gasteiger partial charge in [0.05, 0.1) is 5.01 Å². The molecule has 6 nitrogen and oxygen atoms in total. The van der Waals surface area contributed by atoms with Crippen molar-refractivity contribution in [3.8, 4) is 0 Å². The highest BCUT2D eigenvalue weighted by Gasteiger charge is 2.25. The molecule has 0 radical (unpaired) electrons. The standard InChI is InChI=1S/C11H15N3O3S/c1-7-12-9(6-18-7)10(15)14-4-2-8(3-5-14)13-11(16)17/h6,8,13H,2-5H2,1H3,(H,16,17). The largest absolute Gasteiger partial charge is 0.465 e. The topological polar surface area (TPSA) is 82.5 Å². The number of carboxylic acid groups (broad SMARTS) is 1. The molecule has 2 heterocycles. The lowest BCUT2D eigenvalue weighted by atomic mass is 10.1. The highest BCUT2D eigenvalue weighted by atomic mass is 32.1. The quantitative estimate of drug-likeness (QED) is 0.848. The molecule has 0 aliphatic carbocycles. The van der Waals surface area contributed by atoms with Gasteiger partial charge in [-0.25, -0.2) is 9.78 Å². The zero-order valence-electron chi connectivity index (χ0n) is 10.0. The molecule has 0 aromatic carbocycles. The van der Waals surface area contributed by atoms with Crippen LogP contribution < -0.4 is 5.32 Å². The van der Waals surface area contributed by atoms with E-state index in [4.69, 9.17) is 5.11 Å². The van der Waals surface area contributed by atoms with Crippen LogP contribution in [0.25, 0.3) is 0 Å². The van der Waals surface area contributed by atoms with Crippen LogP contribution in [-0.2, 0) is 0 Å². The molecule has 2 rings (SSSR count). The van der Waals surface area contributed by atoms with E-state index in [-0.39, 0.29) is 11.9 Å². The zero-order valence-corrected chi connectivity index (χ0v) is 10.9. The van der Waals surface area contributed by atoms with Crippen molar-refractivity contribution in [3.05, 3.63) is 16.1 Å². The van der Waals surface area contributed by atoms with Crippen molar-refractivity contribution in [2.45, 2.75) is 25.8 Å². The van der Waals surface area contributed by atoms with E-state index < -0.39 is 6.09 Å². The maximum atomic E-state index is 12.1. The highest BCUT2D eigenvalue weighted by molar-refractivity contribution is 7.09. The Morgan fingerprint density at radius 2 is 2.17 bits per heavy atom. The fourth-order valence-corrected chi connectivity index (χ4v) is 2.61. The summed E-state index contributed by atoms with van der Waals surface area (Å²) in [6.45, 7) is 3.01. The number of aromatic nitrogens is 1. The van der Waals surface area contributed by atoms with Crippen molar-refractivity contribution in [2.75, 3.05) is 13.1 Å². The van der Waals surface area contributed by atoms with Crippen molar-refractivity contribution in [3.63, 3.8) is 0 Å². The monoisotopic (exact) mass is 269 g/mol. The van der Waals surface area contributed by atoms with Crippen LogP contribution >= 0.6 is 11.3 Å². The number of nitrogens with zero attached hydrogens (tertiary/aromatic N) is 2. The minimum absolute atomic E-state index is 0.0521. The molecule has 2 N–H and O–H groups in total. The second-order valence-corrected chi connectivity index (χ2v) is 5.33. The summed E-state index contributed by atoms with van der Waals surface area (Å²) in [5, 5.41) is 13.7. The Balaban J connectivity index is 1.90. The number of amides is 2. The fourth-order valence-electron chi connectivity index (χ4n) is 2.03. The molecule has 1 aromatic heterocycles. The van der Waals surface area contributed by atoms with E-state index in [2.05, 4.69) is 10.3 Å². The second-order valence-electron chi connectivity index (χ2n) is 4.27. The SMILES string of the molecule is Cc1nc(C(=O)N2CCC(NC(=O)O)CC2)cs1. The summed E-state index contributed by atoms with van der Waals surface area (Å²) in [4.78, 5) is 28.5. The van der Waals surface area contributed by atoms with Crippen LogP contribution in [0.1, 0.15) is 28.3 Å². The molecule has 0 atom stereocenters. The first kappa shape index (κ1) is 12.8. The number of carbonyl (C=O) groups excluding carboxylic acids is 1. The Morgan fingerprint density at radius 1 is 1.50 bits per heavy atom. The van der Waals surface area contributed by atoms with Crippen LogP contribution in [0.5, 0.6) is 0 Å². The lowest BCUT2D eigenvalue weighted by Crippen LogP contribution is -2.46. The fraction of sp³-hybridized carbons (Fsp3) is 0.545. The smallest absolute Gasteiger partial charge is 0.404 e. The molecule has 0 unspecified atom stereocenters. The summed E-state index contributed by atoms with van der Waals surface area (Å²) in [6, 6.07) is -0.0521. The van der Waals surface area contributed by atoms with Crippen LogP contribution in [0, 0.1) is 6.92 Å². The van der Waals surface area contributed by atoms with E-state index in [1.54, 1.807) is 10.3 Å². The number of rotatable bonds is 2. The van der Waals surface area contributed by atoms with Gasteiger partial charge in [0.1, 0.15) is 5.69 Å². The Labute approximate surface area is 109 Å². The minimum Gasteiger partial charge on any atom is -0.465 e. The first-order valence-electron chi connectivity index (χ1n) is 5.77. The first-order valence-corrected chi connectivity index (χ1v) is 6.65. The molecular formula is C11H15N3O3S. The van der Waals surface area contributed by atoms with Crippen molar-refractivity contribution in [1.29, 1.82) is 0 Å².